The van der Waals surface area contributed by atoms with E-state index < -0.39 is 6.10 Å². The summed E-state index contributed by atoms with van der Waals surface area (Å²) in [5.74, 6) is 0.505. The summed E-state index contributed by atoms with van der Waals surface area (Å²) in [5.41, 5.74) is 4.00. The number of aryl methyl sites for hydroxylation is 2. The quantitative estimate of drug-likeness (QED) is 0.869. The molecule has 2 atom stereocenters. The van der Waals surface area contributed by atoms with E-state index >= 15 is 0 Å². The number of hydrogen-bond acceptors (Lipinski definition) is 2. The second-order valence-corrected chi connectivity index (χ2v) is 6.76. The van der Waals surface area contributed by atoms with Gasteiger partial charge in [0.15, 0.2) is 6.10 Å². The van der Waals surface area contributed by atoms with Gasteiger partial charge in [0.05, 0.1) is 6.04 Å². The molecule has 0 aromatic heterocycles. The molecular formula is C20H22ClNO2. The number of nitrogens with one attached hydrogen (secondary N) is 1. The van der Waals surface area contributed by atoms with E-state index in [-0.39, 0.29) is 11.9 Å². The summed E-state index contributed by atoms with van der Waals surface area (Å²) in [7, 11) is 0. The van der Waals surface area contributed by atoms with E-state index in [0.717, 1.165) is 12.0 Å². The van der Waals surface area contributed by atoms with Crippen LogP contribution in [0.5, 0.6) is 5.75 Å². The Morgan fingerprint density at radius 3 is 2.54 bits per heavy atom. The molecule has 0 saturated carbocycles. The van der Waals surface area contributed by atoms with Crippen LogP contribution in [0.15, 0.2) is 42.5 Å². The molecule has 2 aromatic rings. The first kappa shape index (κ1) is 16.8. The standard InChI is InChI=1S/C20H22ClNO2/c1-13(16-7-6-15-4-3-5-17(15)12-16)22-20(23)14(2)24-19-10-8-18(21)9-11-19/h6-14H,3-5H2,1-2H3,(H,22,23)/t13-,14+/m0/s1. The van der Waals surface area contributed by atoms with E-state index in [4.69, 9.17) is 16.3 Å². The highest BCUT2D eigenvalue weighted by molar-refractivity contribution is 6.30. The second kappa shape index (κ2) is 7.27. The maximum Gasteiger partial charge on any atom is 0.261 e. The van der Waals surface area contributed by atoms with Crippen molar-refractivity contribution in [1.82, 2.24) is 5.32 Å². The highest BCUT2D eigenvalue weighted by Gasteiger charge is 2.19. The number of carbonyl (C=O) groups excluding carboxylic acids is 1. The molecule has 0 bridgehead atoms. The summed E-state index contributed by atoms with van der Waals surface area (Å²) in [6.07, 6.45) is 2.97. The third-order valence-electron chi connectivity index (χ3n) is 4.48. The molecule has 126 valence electrons. The summed E-state index contributed by atoms with van der Waals surface area (Å²) >= 11 is 5.85. The van der Waals surface area contributed by atoms with Crippen LogP contribution in [0.2, 0.25) is 5.02 Å². The van der Waals surface area contributed by atoms with Crippen LogP contribution in [0.3, 0.4) is 0 Å². The summed E-state index contributed by atoms with van der Waals surface area (Å²) in [4.78, 5) is 12.4. The van der Waals surface area contributed by atoms with Gasteiger partial charge in [-0.2, -0.15) is 0 Å². The Bertz CT molecular complexity index is 727. The molecule has 0 unspecified atom stereocenters. The molecule has 0 fully saturated rings. The number of amides is 1. The van der Waals surface area contributed by atoms with Crippen molar-refractivity contribution >= 4 is 17.5 Å². The molecule has 4 heteroatoms. The normalized spacial score (nSPS) is 15.5. The highest BCUT2D eigenvalue weighted by atomic mass is 35.5. The van der Waals surface area contributed by atoms with Gasteiger partial charge in [0.1, 0.15) is 5.75 Å². The number of halogens is 1. The third kappa shape index (κ3) is 3.90. The average Bonchev–Trinajstić information content (AvgIpc) is 3.04. The zero-order valence-corrected chi connectivity index (χ0v) is 14.8. The van der Waals surface area contributed by atoms with Crippen LogP contribution >= 0.6 is 11.6 Å². The van der Waals surface area contributed by atoms with Crippen molar-refractivity contribution in [2.75, 3.05) is 0 Å². The summed E-state index contributed by atoms with van der Waals surface area (Å²) in [6.45, 7) is 3.75. The van der Waals surface area contributed by atoms with Crippen LogP contribution in [0.25, 0.3) is 0 Å². The monoisotopic (exact) mass is 343 g/mol. The van der Waals surface area contributed by atoms with E-state index in [1.165, 1.54) is 24.0 Å². The van der Waals surface area contributed by atoms with Gasteiger partial charge in [-0.25, -0.2) is 0 Å². The highest BCUT2D eigenvalue weighted by Crippen LogP contribution is 2.25. The van der Waals surface area contributed by atoms with Crippen LogP contribution in [0.4, 0.5) is 0 Å². The Morgan fingerprint density at radius 1 is 1.08 bits per heavy atom. The zero-order chi connectivity index (χ0) is 17.1. The van der Waals surface area contributed by atoms with E-state index in [9.17, 15) is 4.79 Å². The van der Waals surface area contributed by atoms with Gasteiger partial charge in [0, 0.05) is 5.02 Å². The Kier molecular flexibility index (Phi) is 5.10. The number of benzene rings is 2. The lowest BCUT2D eigenvalue weighted by Crippen LogP contribution is -2.37. The topological polar surface area (TPSA) is 38.3 Å². The van der Waals surface area contributed by atoms with Crippen LogP contribution in [-0.4, -0.2) is 12.0 Å². The van der Waals surface area contributed by atoms with Crippen LogP contribution in [-0.2, 0) is 17.6 Å². The van der Waals surface area contributed by atoms with Crippen LogP contribution < -0.4 is 10.1 Å². The van der Waals surface area contributed by atoms with E-state index in [2.05, 4.69) is 23.5 Å². The predicted molar refractivity (Wildman–Crippen MR) is 96.6 cm³/mol. The van der Waals surface area contributed by atoms with E-state index in [1.807, 2.05) is 6.92 Å². The lowest BCUT2D eigenvalue weighted by molar-refractivity contribution is -0.127. The number of fused-ring (bicyclic) bond motifs is 1. The second-order valence-electron chi connectivity index (χ2n) is 6.33. The molecule has 24 heavy (non-hydrogen) atoms. The first-order valence-corrected chi connectivity index (χ1v) is 8.75. The number of rotatable bonds is 5. The smallest absolute Gasteiger partial charge is 0.261 e. The molecule has 1 N–H and O–H groups in total. The zero-order valence-electron chi connectivity index (χ0n) is 14.0. The lowest BCUT2D eigenvalue weighted by Gasteiger charge is -2.19. The molecular weight excluding hydrogens is 322 g/mol. The van der Waals surface area contributed by atoms with Gasteiger partial charge < -0.3 is 10.1 Å². The van der Waals surface area contributed by atoms with Crippen molar-refractivity contribution < 1.29 is 9.53 Å². The van der Waals surface area contributed by atoms with Crippen molar-refractivity contribution in [3.05, 3.63) is 64.2 Å². The molecule has 0 spiro atoms. The van der Waals surface area contributed by atoms with Crippen molar-refractivity contribution in [3.8, 4) is 5.75 Å². The fourth-order valence-corrected chi connectivity index (χ4v) is 3.17. The van der Waals surface area contributed by atoms with Gasteiger partial charge in [-0.15, -0.1) is 0 Å². The Morgan fingerprint density at radius 2 is 1.79 bits per heavy atom. The molecule has 1 aliphatic rings. The maximum atomic E-state index is 12.4. The number of carbonyl (C=O) groups is 1. The van der Waals surface area contributed by atoms with Crippen molar-refractivity contribution in [3.63, 3.8) is 0 Å². The molecule has 2 aromatic carbocycles. The molecule has 0 aliphatic heterocycles. The van der Waals surface area contributed by atoms with Gasteiger partial charge in [-0.3, -0.25) is 4.79 Å². The van der Waals surface area contributed by atoms with Gasteiger partial charge in [-0.05, 0) is 74.1 Å². The first-order valence-electron chi connectivity index (χ1n) is 8.37. The van der Waals surface area contributed by atoms with Crippen molar-refractivity contribution in [1.29, 1.82) is 0 Å². The Hall–Kier alpha value is -2.00. The van der Waals surface area contributed by atoms with Gasteiger partial charge in [-0.1, -0.05) is 29.8 Å². The van der Waals surface area contributed by atoms with E-state index in [1.54, 1.807) is 31.2 Å². The molecule has 1 amide bonds. The van der Waals surface area contributed by atoms with Gasteiger partial charge >= 0.3 is 0 Å². The maximum absolute atomic E-state index is 12.4. The summed E-state index contributed by atoms with van der Waals surface area (Å²) in [6, 6.07) is 13.5. The molecule has 3 nitrogen and oxygen atoms in total. The third-order valence-corrected chi connectivity index (χ3v) is 4.73. The van der Waals surface area contributed by atoms with Gasteiger partial charge in [0.2, 0.25) is 0 Å². The molecule has 1 aliphatic carbocycles. The molecule has 0 heterocycles. The first-order chi connectivity index (χ1) is 11.5. The molecule has 3 rings (SSSR count). The lowest BCUT2D eigenvalue weighted by atomic mass is 10.0. The molecule has 0 saturated heterocycles. The van der Waals surface area contributed by atoms with Crippen LogP contribution in [0, 0.1) is 0 Å². The minimum Gasteiger partial charge on any atom is -0.481 e. The fourth-order valence-electron chi connectivity index (χ4n) is 3.05. The number of hydrogen-bond donors (Lipinski definition) is 1. The number of ether oxygens (including phenoxy) is 1. The minimum atomic E-state index is -0.567. The average molecular weight is 344 g/mol. The van der Waals surface area contributed by atoms with Crippen molar-refractivity contribution in [2.45, 2.75) is 45.3 Å². The van der Waals surface area contributed by atoms with Crippen molar-refractivity contribution in [2.24, 2.45) is 0 Å². The fraction of sp³-hybridized carbons (Fsp3) is 0.350. The predicted octanol–water partition coefficient (Wildman–Crippen LogP) is 4.47. The summed E-state index contributed by atoms with van der Waals surface area (Å²) in [5, 5.41) is 3.67. The summed E-state index contributed by atoms with van der Waals surface area (Å²) < 4.78 is 5.67. The Labute approximate surface area is 148 Å². The van der Waals surface area contributed by atoms with Gasteiger partial charge in [0.25, 0.3) is 5.91 Å². The minimum absolute atomic E-state index is 0.0420. The molecule has 0 radical (unpaired) electrons. The van der Waals surface area contributed by atoms with Crippen LogP contribution in [0.1, 0.15) is 43.0 Å². The largest absolute Gasteiger partial charge is 0.481 e. The SMILES string of the molecule is C[C@H](NC(=O)[C@@H](C)Oc1ccc(Cl)cc1)c1ccc2c(c1)CCC2. The Balaban J connectivity index is 1.60. The van der Waals surface area contributed by atoms with E-state index in [0.29, 0.717) is 10.8 Å².